The van der Waals surface area contributed by atoms with Gasteiger partial charge in [0.05, 0.1) is 22.9 Å². The first-order chi connectivity index (χ1) is 16.6. The van der Waals surface area contributed by atoms with E-state index in [2.05, 4.69) is 16.0 Å². The predicted molar refractivity (Wildman–Crippen MR) is 134 cm³/mol. The number of hydrogen-bond acceptors (Lipinski definition) is 5. The normalized spacial score (nSPS) is 15.1. The van der Waals surface area contributed by atoms with Crippen molar-refractivity contribution in [1.29, 1.82) is 0 Å². The molecule has 0 spiro atoms. The highest BCUT2D eigenvalue weighted by molar-refractivity contribution is 7.90. The lowest BCUT2D eigenvalue weighted by Crippen LogP contribution is -2.43. The maximum Gasteiger partial charge on any atom is 0.251 e. The molecule has 1 heterocycles. The van der Waals surface area contributed by atoms with Gasteiger partial charge in [0.2, 0.25) is 5.91 Å². The predicted octanol–water partition coefficient (Wildman–Crippen LogP) is 4.41. The van der Waals surface area contributed by atoms with Crippen LogP contribution in [0.5, 0.6) is 0 Å². The van der Waals surface area contributed by atoms with E-state index >= 15 is 0 Å². The Bertz CT molecular complexity index is 1380. The van der Waals surface area contributed by atoms with Crippen LogP contribution in [0.4, 0.5) is 15.8 Å². The Morgan fingerprint density at radius 2 is 1.77 bits per heavy atom. The molecule has 0 radical (unpaired) electrons. The van der Waals surface area contributed by atoms with E-state index in [-0.39, 0.29) is 16.5 Å². The van der Waals surface area contributed by atoms with Gasteiger partial charge in [0.1, 0.15) is 11.9 Å². The summed E-state index contributed by atoms with van der Waals surface area (Å²) in [5, 5.41) is 8.91. The van der Waals surface area contributed by atoms with Crippen LogP contribution in [0.1, 0.15) is 21.5 Å². The summed E-state index contributed by atoms with van der Waals surface area (Å²) in [6.45, 7) is 0.295. The van der Waals surface area contributed by atoms with E-state index in [1.165, 1.54) is 18.2 Å². The minimum atomic E-state index is -3.89. The molecule has 0 aromatic heterocycles. The summed E-state index contributed by atoms with van der Waals surface area (Å²) in [5.41, 5.74) is 1.86. The van der Waals surface area contributed by atoms with Crippen LogP contribution in [0.25, 0.3) is 0 Å². The van der Waals surface area contributed by atoms with Crippen LogP contribution in [0.2, 0.25) is 10.0 Å². The monoisotopic (exact) mass is 535 g/mol. The number of fused-ring (bicyclic) bond motifs is 1. The number of anilines is 2. The number of carbonyl (C=O) groups is 2. The molecule has 1 aliphatic rings. The Morgan fingerprint density at radius 1 is 1.03 bits per heavy atom. The maximum atomic E-state index is 14.0. The van der Waals surface area contributed by atoms with Gasteiger partial charge in [-0.05, 0) is 48.0 Å². The van der Waals surface area contributed by atoms with Crippen molar-refractivity contribution < 1.29 is 22.4 Å². The number of sulfone groups is 1. The molecule has 182 valence electrons. The fraction of sp³-hybridized carbons (Fsp3) is 0.167. The zero-order valence-corrected chi connectivity index (χ0v) is 20.5. The van der Waals surface area contributed by atoms with E-state index in [9.17, 15) is 22.4 Å². The summed E-state index contributed by atoms with van der Waals surface area (Å²) >= 11 is 11.8. The van der Waals surface area contributed by atoms with Gasteiger partial charge >= 0.3 is 0 Å². The first kappa shape index (κ1) is 25.0. The molecular formula is C24H20Cl2FN3O4S. The minimum absolute atomic E-state index is 0.00171. The van der Waals surface area contributed by atoms with Gasteiger partial charge in [-0.2, -0.15) is 0 Å². The lowest BCUT2D eigenvalue weighted by Gasteiger charge is -2.27. The first-order valence-electron chi connectivity index (χ1n) is 10.5. The third-order valence-corrected chi connectivity index (χ3v) is 7.57. The summed E-state index contributed by atoms with van der Waals surface area (Å²) < 4.78 is 39.4. The third-order valence-electron chi connectivity index (χ3n) is 5.40. The number of carbonyl (C=O) groups excluding carboxylic acids is 2. The highest BCUT2D eigenvalue weighted by atomic mass is 35.5. The van der Waals surface area contributed by atoms with Crippen molar-refractivity contribution in [2.75, 3.05) is 16.4 Å². The molecular weight excluding hydrogens is 516 g/mol. The smallest absolute Gasteiger partial charge is 0.251 e. The Kier molecular flexibility index (Phi) is 7.30. The van der Waals surface area contributed by atoms with Gasteiger partial charge < -0.3 is 16.0 Å². The summed E-state index contributed by atoms with van der Waals surface area (Å²) in [7, 11) is -3.89. The highest BCUT2D eigenvalue weighted by Crippen LogP contribution is 2.29. The van der Waals surface area contributed by atoms with Crippen molar-refractivity contribution >= 4 is 56.2 Å². The summed E-state index contributed by atoms with van der Waals surface area (Å²) in [4.78, 5) is 25.1. The fourth-order valence-electron chi connectivity index (χ4n) is 3.59. The van der Waals surface area contributed by atoms with Gasteiger partial charge in [0, 0.05) is 27.7 Å². The zero-order chi connectivity index (χ0) is 25.2. The molecule has 0 fully saturated rings. The van der Waals surface area contributed by atoms with E-state index in [0.717, 1.165) is 11.6 Å². The van der Waals surface area contributed by atoms with Crippen molar-refractivity contribution in [2.24, 2.45) is 0 Å². The molecule has 0 saturated heterocycles. The van der Waals surface area contributed by atoms with Crippen LogP contribution in [0.3, 0.4) is 0 Å². The molecule has 1 atom stereocenters. The van der Waals surface area contributed by atoms with Crippen molar-refractivity contribution in [2.45, 2.75) is 18.3 Å². The fourth-order valence-corrected chi connectivity index (χ4v) is 5.62. The molecule has 1 unspecified atom stereocenters. The lowest BCUT2D eigenvalue weighted by molar-refractivity contribution is -0.116. The topological polar surface area (TPSA) is 104 Å². The summed E-state index contributed by atoms with van der Waals surface area (Å²) in [6, 6.07) is 14.5. The first-order valence-corrected chi connectivity index (χ1v) is 13.1. The van der Waals surface area contributed by atoms with Crippen molar-refractivity contribution in [3.63, 3.8) is 0 Å². The Labute approximate surface area is 211 Å². The number of nitrogens with one attached hydrogen (secondary N) is 3. The quantitative estimate of drug-likeness (QED) is 0.415. The largest absolute Gasteiger partial charge is 0.371 e. The average molecular weight is 536 g/mol. The van der Waals surface area contributed by atoms with Crippen molar-refractivity contribution in [1.82, 2.24) is 5.32 Å². The van der Waals surface area contributed by atoms with Crippen molar-refractivity contribution in [3.05, 3.63) is 93.2 Å². The van der Waals surface area contributed by atoms with Gasteiger partial charge in [-0.25, -0.2) is 12.8 Å². The number of benzene rings is 3. The van der Waals surface area contributed by atoms with Crippen LogP contribution in [-0.2, 0) is 26.9 Å². The van der Waals surface area contributed by atoms with Gasteiger partial charge in [0.25, 0.3) is 5.91 Å². The Balaban J connectivity index is 1.42. The number of rotatable bonds is 7. The number of hydrogen-bond donors (Lipinski definition) is 3. The van der Waals surface area contributed by atoms with Crippen LogP contribution in [-0.4, -0.2) is 32.0 Å². The average Bonchev–Trinajstić information content (AvgIpc) is 2.81. The third kappa shape index (κ3) is 6.11. The van der Waals surface area contributed by atoms with Crippen LogP contribution in [0.15, 0.2) is 60.7 Å². The van der Waals surface area contributed by atoms with E-state index in [4.69, 9.17) is 23.2 Å². The second-order valence-corrected chi connectivity index (χ2v) is 11.0. The van der Waals surface area contributed by atoms with Gasteiger partial charge in [-0.15, -0.1) is 0 Å². The van der Waals surface area contributed by atoms with Gasteiger partial charge in [-0.3, -0.25) is 9.59 Å². The molecule has 3 aromatic carbocycles. The molecule has 0 aliphatic carbocycles. The SMILES string of the molecule is O=C(NCc1ccc(Cl)cc1)c1ccc2c(c1)NC(=O)C(CS(=O)(=O)Cc1c(F)cccc1Cl)N2. The molecule has 3 aromatic rings. The standard InChI is InChI=1S/C24H20Cl2FN3O4S/c25-16-7-4-14(5-8-16)11-28-23(31)15-6-9-20-21(10-15)30-24(32)22(29-20)13-35(33,34)12-17-18(26)2-1-3-19(17)27/h1-10,22,29H,11-13H2,(H,28,31)(H,30,32). The molecule has 1 aliphatic heterocycles. The molecule has 2 amide bonds. The minimum Gasteiger partial charge on any atom is -0.371 e. The molecule has 0 saturated carbocycles. The van der Waals surface area contributed by atoms with Crippen LogP contribution >= 0.6 is 23.2 Å². The van der Waals surface area contributed by atoms with E-state index in [1.54, 1.807) is 36.4 Å². The molecule has 3 N–H and O–H groups in total. The van der Waals surface area contributed by atoms with Crippen LogP contribution in [0, 0.1) is 5.82 Å². The number of amides is 2. The van der Waals surface area contributed by atoms with Crippen LogP contribution < -0.4 is 16.0 Å². The molecule has 4 rings (SSSR count). The molecule has 11 heteroatoms. The van der Waals surface area contributed by atoms with Gasteiger partial charge in [-0.1, -0.05) is 41.4 Å². The van der Waals surface area contributed by atoms with E-state index < -0.39 is 39.1 Å². The van der Waals surface area contributed by atoms with E-state index in [1.807, 2.05) is 0 Å². The second kappa shape index (κ2) is 10.2. The highest BCUT2D eigenvalue weighted by Gasteiger charge is 2.31. The maximum absolute atomic E-state index is 14.0. The summed E-state index contributed by atoms with van der Waals surface area (Å²) in [5.74, 6) is -2.85. The molecule has 0 bridgehead atoms. The zero-order valence-electron chi connectivity index (χ0n) is 18.1. The molecule has 35 heavy (non-hydrogen) atoms. The molecule has 7 nitrogen and oxygen atoms in total. The summed E-state index contributed by atoms with van der Waals surface area (Å²) in [6.07, 6.45) is 0. The van der Waals surface area contributed by atoms with Gasteiger partial charge in [0.15, 0.2) is 9.84 Å². The number of halogens is 3. The van der Waals surface area contributed by atoms with E-state index in [0.29, 0.717) is 28.5 Å². The Morgan fingerprint density at radius 3 is 2.49 bits per heavy atom. The van der Waals surface area contributed by atoms with Crippen molar-refractivity contribution in [3.8, 4) is 0 Å². The lowest BCUT2D eigenvalue weighted by atomic mass is 10.1. The second-order valence-electron chi connectivity index (χ2n) is 8.01. The Hall–Kier alpha value is -3.14.